The van der Waals surface area contributed by atoms with E-state index in [1.165, 1.54) is 143 Å². The van der Waals surface area contributed by atoms with Gasteiger partial charge in [-0.3, -0.25) is 24.0 Å². The number of rotatable bonds is 53. The van der Waals surface area contributed by atoms with E-state index in [0.717, 1.165) is 82.6 Å². The van der Waals surface area contributed by atoms with Crippen LogP contribution in [0.25, 0.3) is 0 Å². The molecule has 486 valence electrons. The van der Waals surface area contributed by atoms with E-state index in [1.807, 2.05) is 19.9 Å². The summed E-state index contributed by atoms with van der Waals surface area (Å²) >= 11 is 0. The van der Waals surface area contributed by atoms with E-state index < -0.39 is 42.9 Å². The van der Waals surface area contributed by atoms with Crippen LogP contribution in [0, 0.1) is 18.8 Å². The van der Waals surface area contributed by atoms with Crippen LogP contribution in [0.2, 0.25) is 0 Å². The van der Waals surface area contributed by atoms with Crippen molar-refractivity contribution in [1.29, 1.82) is 0 Å². The van der Waals surface area contributed by atoms with Crippen molar-refractivity contribution in [3.05, 3.63) is 33.9 Å². The molecule has 16 heteroatoms. The molecule has 0 aromatic heterocycles. The Kier molecular flexibility index (Phi) is 43.7. The minimum atomic E-state index is -1.18. The summed E-state index contributed by atoms with van der Waals surface area (Å²) in [6.07, 6.45) is 38.9. The molecule has 1 aromatic rings. The van der Waals surface area contributed by atoms with Crippen LogP contribution < -0.4 is 9.47 Å². The fourth-order valence-electron chi connectivity index (χ4n) is 10.7. The van der Waals surface area contributed by atoms with Crippen molar-refractivity contribution in [2.24, 2.45) is 11.8 Å². The molecule has 0 bridgehead atoms. The van der Waals surface area contributed by atoms with Gasteiger partial charge in [0, 0.05) is 36.8 Å². The lowest BCUT2D eigenvalue weighted by Crippen LogP contribution is -2.31. The average Bonchev–Trinajstić information content (AvgIpc) is 3.28. The Morgan fingerprint density at radius 3 is 1.49 bits per heavy atom. The zero-order valence-electron chi connectivity index (χ0n) is 54.2. The molecule has 0 saturated heterocycles. The van der Waals surface area contributed by atoms with Crippen LogP contribution in [0.3, 0.4) is 0 Å². The molecule has 0 aliphatic carbocycles. The highest BCUT2D eigenvalue weighted by Crippen LogP contribution is 2.43. The SMILES string of the molecule is CCCCCCCCCCCCCCCC(=O)OCC(COC(=O)CCCCCCCCCCCCCCC)OC(=O)CC(C)CCCCCCCC(C)C(=O)OCOC(=O)Oc1c(CC=C(C)CCC(=O)OC)c(OC)c(C)c2c1C(=O)OC2. The molecule has 2 unspecified atom stereocenters. The van der Waals surface area contributed by atoms with E-state index >= 15 is 0 Å². The van der Waals surface area contributed by atoms with Crippen LogP contribution in [-0.4, -0.2) is 82.3 Å². The topological polar surface area (TPSA) is 203 Å². The van der Waals surface area contributed by atoms with Gasteiger partial charge in [-0.15, -0.1) is 0 Å². The van der Waals surface area contributed by atoms with Crippen LogP contribution in [0.4, 0.5) is 4.79 Å². The van der Waals surface area contributed by atoms with Crippen molar-refractivity contribution in [1.82, 2.24) is 0 Å². The standard InChI is InChI=1S/C69H114O16/c1-9-11-13-15-17-19-21-23-25-27-29-34-38-42-61(71)79-49-57(50-80-62(72)43-39-35-30-28-26-24-22-20-18-16-14-12-10-2)84-63(73)48-54(4)40-36-32-31-33-37-41-55(5)67(74)82-52-83-69(76)85-66-58(46-44-53(3)45-47-60(70)77-7)65(78-8)56(6)59-51-81-68(75)64(59)66/h44,54-55,57H,9-43,45-52H2,1-8H3. The number of cyclic esters (lactones) is 1. The maximum atomic E-state index is 13.2. The number of unbranched alkanes of at least 4 members (excludes halogenated alkanes) is 28. The number of carbonyl (C=O) groups excluding carboxylic acids is 7. The van der Waals surface area contributed by atoms with Crippen molar-refractivity contribution in [2.45, 2.75) is 305 Å². The molecule has 1 aliphatic rings. The molecule has 1 aliphatic heterocycles. The summed E-state index contributed by atoms with van der Waals surface area (Å²) in [7, 11) is 2.80. The highest BCUT2D eigenvalue weighted by atomic mass is 16.8. The van der Waals surface area contributed by atoms with Gasteiger partial charge in [-0.25, -0.2) is 9.59 Å². The largest absolute Gasteiger partial charge is 0.516 e. The minimum Gasteiger partial charge on any atom is -0.496 e. The van der Waals surface area contributed by atoms with Crippen molar-refractivity contribution >= 4 is 42.0 Å². The quantitative estimate of drug-likeness (QED) is 0.0149. The van der Waals surface area contributed by atoms with E-state index in [0.29, 0.717) is 48.1 Å². The summed E-state index contributed by atoms with van der Waals surface area (Å²) in [5.74, 6) is -2.68. The van der Waals surface area contributed by atoms with E-state index in [9.17, 15) is 33.6 Å². The summed E-state index contributed by atoms with van der Waals surface area (Å²) in [6, 6.07) is 0. The first-order chi connectivity index (χ1) is 41.1. The summed E-state index contributed by atoms with van der Waals surface area (Å²) < 4.78 is 48.7. The fourth-order valence-corrected chi connectivity index (χ4v) is 10.7. The molecule has 0 N–H and O–H groups in total. The summed E-state index contributed by atoms with van der Waals surface area (Å²) in [4.78, 5) is 89.2. The van der Waals surface area contributed by atoms with Gasteiger partial charge in [0.2, 0.25) is 6.79 Å². The predicted molar refractivity (Wildman–Crippen MR) is 331 cm³/mol. The van der Waals surface area contributed by atoms with Gasteiger partial charge < -0.3 is 42.6 Å². The minimum absolute atomic E-state index is 0.0195. The van der Waals surface area contributed by atoms with Crippen LogP contribution in [-0.2, 0) is 70.2 Å². The number of benzene rings is 1. The summed E-state index contributed by atoms with van der Waals surface area (Å²) in [5, 5.41) is 0. The van der Waals surface area contributed by atoms with Gasteiger partial charge in [0.15, 0.2) is 11.9 Å². The highest BCUT2D eigenvalue weighted by Gasteiger charge is 2.35. The fraction of sp³-hybridized carbons (Fsp3) is 0.783. The molecule has 1 heterocycles. The Morgan fingerprint density at radius 1 is 0.541 bits per heavy atom. The molecule has 1 aromatic carbocycles. The number of hydrogen-bond donors (Lipinski definition) is 0. The molecular formula is C69H114O16. The number of allylic oxidation sites excluding steroid dienone is 2. The lowest BCUT2D eigenvalue weighted by molar-refractivity contribution is -0.167. The summed E-state index contributed by atoms with van der Waals surface area (Å²) in [6.45, 7) is 10.9. The monoisotopic (exact) mass is 1200 g/mol. The molecular weight excluding hydrogens is 1080 g/mol. The number of methoxy groups -OCH3 is 2. The van der Waals surface area contributed by atoms with E-state index in [1.54, 1.807) is 13.8 Å². The molecule has 2 atom stereocenters. The number of hydrogen-bond acceptors (Lipinski definition) is 16. The molecule has 0 fully saturated rings. The average molecular weight is 1200 g/mol. The van der Waals surface area contributed by atoms with Crippen LogP contribution in [0.5, 0.6) is 11.5 Å². The van der Waals surface area contributed by atoms with E-state index in [4.69, 9.17) is 42.6 Å². The van der Waals surface area contributed by atoms with Gasteiger partial charge in [0.1, 0.15) is 31.1 Å². The molecule has 0 radical (unpaired) electrons. The molecule has 0 spiro atoms. The van der Waals surface area contributed by atoms with Gasteiger partial charge in [-0.05, 0) is 57.4 Å². The highest BCUT2D eigenvalue weighted by molar-refractivity contribution is 5.99. The van der Waals surface area contributed by atoms with Gasteiger partial charge in [0.25, 0.3) is 0 Å². The molecule has 2 rings (SSSR count). The zero-order valence-corrected chi connectivity index (χ0v) is 54.2. The second-order valence-electron chi connectivity index (χ2n) is 23.8. The van der Waals surface area contributed by atoms with Crippen molar-refractivity contribution < 1.29 is 76.2 Å². The van der Waals surface area contributed by atoms with Crippen LogP contribution in [0.1, 0.15) is 306 Å². The predicted octanol–water partition coefficient (Wildman–Crippen LogP) is 17.5. The lowest BCUT2D eigenvalue weighted by Gasteiger charge is -2.19. The maximum absolute atomic E-state index is 13.2. The second-order valence-corrected chi connectivity index (χ2v) is 23.8. The van der Waals surface area contributed by atoms with Crippen LogP contribution >= 0.6 is 0 Å². The first kappa shape index (κ1) is 75.9. The molecule has 85 heavy (non-hydrogen) atoms. The summed E-state index contributed by atoms with van der Waals surface area (Å²) in [5.41, 5.74) is 2.56. The van der Waals surface area contributed by atoms with Crippen molar-refractivity contribution in [3.63, 3.8) is 0 Å². The third kappa shape index (κ3) is 35.9. The van der Waals surface area contributed by atoms with Gasteiger partial charge in [-0.2, -0.15) is 0 Å². The van der Waals surface area contributed by atoms with Gasteiger partial charge >= 0.3 is 42.0 Å². The smallest absolute Gasteiger partial charge is 0.496 e. The third-order valence-electron chi connectivity index (χ3n) is 16.2. The Morgan fingerprint density at radius 2 is 1.01 bits per heavy atom. The van der Waals surface area contributed by atoms with Crippen molar-refractivity contribution in [2.75, 3.05) is 34.2 Å². The second kappa shape index (κ2) is 48.9. The van der Waals surface area contributed by atoms with Crippen molar-refractivity contribution in [3.8, 4) is 11.5 Å². The first-order valence-corrected chi connectivity index (χ1v) is 33.3. The van der Waals surface area contributed by atoms with Crippen LogP contribution in [0.15, 0.2) is 11.6 Å². The number of ether oxygens (including phenoxy) is 9. The van der Waals surface area contributed by atoms with Gasteiger partial charge in [0.05, 0.1) is 20.1 Å². The number of carbonyl (C=O) groups is 7. The maximum Gasteiger partial charge on any atom is 0.516 e. The Balaban J connectivity index is 1.75. The molecule has 0 amide bonds. The lowest BCUT2D eigenvalue weighted by atomic mass is 9.94. The third-order valence-corrected chi connectivity index (χ3v) is 16.2. The number of fused-ring (bicyclic) bond motifs is 1. The number of esters is 6. The molecule has 16 nitrogen and oxygen atoms in total. The normalized spacial score (nSPS) is 12.8. The van der Waals surface area contributed by atoms with Gasteiger partial charge in [-0.1, -0.05) is 232 Å². The zero-order chi connectivity index (χ0) is 62.3. The van der Waals surface area contributed by atoms with E-state index in [-0.39, 0.29) is 74.2 Å². The Labute approximate surface area is 512 Å². The molecule has 0 saturated carbocycles. The first-order valence-electron chi connectivity index (χ1n) is 33.3. The Bertz CT molecular complexity index is 2030. The van der Waals surface area contributed by atoms with E-state index in [2.05, 4.69) is 13.8 Å². The Hall–Kier alpha value is -5.15.